The number of carboxylic acid groups (broad SMARTS) is 1. The number of hydrogen-bond acceptors (Lipinski definition) is 5. The Morgan fingerprint density at radius 1 is 1.04 bits per heavy atom. The lowest BCUT2D eigenvalue weighted by atomic mass is 10.1. The molecule has 0 atom stereocenters. The van der Waals surface area contributed by atoms with Gasteiger partial charge in [-0.25, -0.2) is 0 Å². The normalized spacial score (nSPS) is 14.6. The van der Waals surface area contributed by atoms with Crippen molar-refractivity contribution >= 4 is 41.2 Å². The molecule has 1 aromatic heterocycles. The highest BCUT2D eigenvalue weighted by molar-refractivity contribution is 7.80. The second-order valence-corrected chi connectivity index (χ2v) is 6.44. The number of thiocarbonyl (C=S) groups is 1. The molecule has 8 heteroatoms. The predicted octanol–water partition coefficient (Wildman–Crippen LogP) is 1.22. The predicted molar refractivity (Wildman–Crippen MR) is 105 cm³/mol. The monoisotopic (exact) mass is 396 g/mol. The van der Waals surface area contributed by atoms with Crippen LogP contribution in [0.2, 0.25) is 0 Å². The van der Waals surface area contributed by atoms with Gasteiger partial charge in [0.2, 0.25) is 0 Å². The number of carboxylic acids is 1. The number of nitrogens with zero attached hydrogens (tertiary/aromatic N) is 3. The van der Waals surface area contributed by atoms with Crippen molar-refractivity contribution in [3.05, 3.63) is 59.4 Å². The number of hydrogen-bond donors (Lipinski definition) is 0. The van der Waals surface area contributed by atoms with E-state index in [9.17, 15) is 19.5 Å². The summed E-state index contributed by atoms with van der Waals surface area (Å²) in [5.41, 5.74) is 1.40. The molecular weight excluding hydrogens is 378 g/mol. The van der Waals surface area contributed by atoms with Crippen LogP contribution < -0.4 is 5.11 Å². The number of carbonyl (C=O) groups is 3. The standard InChI is InChI=1S/C20H19N3O4S/c1-3-21-17(24)16(18(25)22(4-2)20(21)28)12-15-6-5-11-23(15)14-9-7-13(8-10-14)19(26)27/h5-12H,3-4H2,1-2H3,(H,26,27)/p-1. The van der Waals surface area contributed by atoms with Gasteiger partial charge in [-0.1, -0.05) is 12.1 Å². The van der Waals surface area contributed by atoms with Crippen LogP contribution in [0.4, 0.5) is 0 Å². The molecule has 1 fully saturated rings. The van der Waals surface area contributed by atoms with Crippen LogP contribution in [0, 0.1) is 0 Å². The molecule has 0 radical (unpaired) electrons. The Kier molecular flexibility index (Phi) is 5.41. The van der Waals surface area contributed by atoms with Crippen molar-refractivity contribution in [2.24, 2.45) is 0 Å². The summed E-state index contributed by atoms with van der Waals surface area (Å²) in [6, 6.07) is 9.67. The Balaban J connectivity index is 2.03. The van der Waals surface area contributed by atoms with Crippen molar-refractivity contribution in [3.8, 4) is 5.69 Å². The topological polar surface area (TPSA) is 85.7 Å². The van der Waals surface area contributed by atoms with Gasteiger partial charge in [0, 0.05) is 30.7 Å². The molecular formula is C20H18N3O4S-. The minimum Gasteiger partial charge on any atom is -0.545 e. The zero-order valence-corrected chi connectivity index (χ0v) is 16.2. The number of likely N-dealkylation sites (N-methyl/N-ethyl adjacent to an activating group) is 2. The molecule has 2 amide bonds. The summed E-state index contributed by atoms with van der Waals surface area (Å²) < 4.78 is 1.76. The third-order valence-electron chi connectivity index (χ3n) is 4.50. The zero-order chi connectivity index (χ0) is 20.4. The van der Waals surface area contributed by atoms with Crippen molar-refractivity contribution in [1.82, 2.24) is 14.4 Å². The second kappa shape index (κ2) is 7.77. The average Bonchev–Trinajstić information content (AvgIpc) is 3.14. The smallest absolute Gasteiger partial charge is 0.265 e. The highest BCUT2D eigenvalue weighted by Crippen LogP contribution is 2.22. The maximum absolute atomic E-state index is 12.8. The zero-order valence-electron chi connectivity index (χ0n) is 15.4. The Bertz CT molecular complexity index is 963. The number of rotatable bonds is 5. The van der Waals surface area contributed by atoms with E-state index in [0.29, 0.717) is 24.5 Å². The number of aromatic nitrogens is 1. The molecule has 1 aliphatic rings. The summed E-state index contributed by atoms with van der Waals surface area (Å²) in [5.74, 6) is -2.11. The van der Waals surface area contributed by atoms with E-state index in [0.717, 1.165) is 0 Å². The first-order valence-electron chi connectivity index (χ1n) is 8.77. The number of amides is 2. The highest BCUT2D eigenvalue weighted by Gasteiger charge is 2.37. The fourth-order valence-corrected chi connectivity index (χ4v) is 3.46. The quantitative estimate of drug-likeness (QED) is 0.431. The van der Waals surface area contributed by atoms with Gasteiger partial charge in [-0.3, -0.25) is 19.4 Å². The van der Waals surface area contributed by atoms with Gasteiger partial charge < -0.3 is 14.5 Å². The van der Waals surface area contributed by atoms with Crippen molar-refractivity contribution < 1.29 is 19.5 Å². The summed E-state index contributed by atoms with van der Waals surface area (Å²) >= 11 is 5.26. The molecule has 1 aromatic carbocycles. The molecule has 0 N–H and O–H groups in total. The molecule has 28 heavy (non-hydrogen) atoms. The minimum absolute atomic E-state index is 0.0311. The van der Waals surface area contributed by atoms with Gasteiger partial charge in [0.25, 0.3) is 11.8 Å². The molecule has 144 valence electrons. The fourth-order valence-electron chi connectivity index (χ4n) is 3.04. The lowest BCUT2D eigenvalue weighted by Crippen LogP contribution is -2.55. The van der Waals surface area contributed by atoms with E-state index < -0.39 is 17.8 Å². The molecule has 0 bridgehead atoms. The van der Waals surface area contributed by atoms with Crippen LogP contribution in [-0.2, 0) is 9.59 Å². The second-order valence-electron chi connectivity index (χ2n) is 6.08. The average molecular weight is 396 g/mol. The van der Waals surface area contributed by atoms with Gasteiger partial charge in [-0.15, -0.1) is 0 Å². The first-order valence-corrected chi connectivity index (χ1v) is 9.18. The Hall–Kier alpha value is -3.26. The first-order chi connectivity index (χ1) is 13.4. The van der Waals surface area contributed by atoms with Crippen LogP contribution in [-0.4, -0.2) is 50.4 Å². The molecule has 2 heterocycles. The highest BCUT2D eigenvalue weighted by atomic mass is 32.1. The van der Waals surface area contributed by atoms with Gasteiger partial charge in [0.05, 0.1) is 5.97 Å². The fraction of sp³-hybridized carbons (Fsp3) is 0.200. The van der Waals surface area contributed by atoms with Gasteiger partial charge in [-0.2, -0.15) is 0 Å². The van der Waals surface area contributed by atoms with Gasteiger partial charge in [-0.05, 0) is 62.0 Å². The maximum atomic E-state index is 12.8. The SMILES string of the molecule is CCN1C(=O)C(=Cc2cccn2-c2ccc(C(=O)[O-])cc2)C(=O)N(CC)C1=S. The summed E-state index contributed by atoms with van der Waals surface area (Å²) in [6.45, 7) is 4.33. The summed E-state index contributed by atoms with van der Waals surface area (Å²) in [6.07, 6.45) is 3.29. The molecule has 1 aliphatic heterocycles. The van der Waals surface area contributed by atoms with Crippen LogP contribution in [0.5, 0.6) is 0 Å². The van der Waals surface area contributed by atoms with E-state index >= 15 is 0 Å². The van der Waals surface area contributed by atoms with Gasteiger partial charge in [0.15, 0.2) is 5.11 Å². The summed E-state index contributed by atoms with van der Waals surface area (Å²) in [4.78, 5) is 39.3. The summed E-state index contributed by atoms with van der Waals surface area (Å²) in [7, 11) is 0. The molecule has 3 rings (SSSR count). The molecule has 0 saturated carbocycles. The van der Waals surface area contributed by atoms with Crippen LogP contribution >= 0.6 is 12.2 Å². The molecule has 2 aromatic rings. The van der Waals surface area contributed by atoms with E-state index in [1.54, 1.807) is 48.9 Å². The summed E-state index contributed by atoms with van der Waals surface area (Å²) in [5, 5.41) is 11.1. The maximum Gasteiger partial charge on any atom is 0.265 e. The molecule has 0 spiro atoms. The molecule has 0 aliphatic carbocycles. The lowest BCUT2D eigenvalue weighted by Gasteiger charge is -2.35. The third kappa shape index (κ3) is 3.34. The third-order valence-corrected chi connectivity index (χ3v) is 4.94. The number of aromatic carboxylic acids is 1. The van der Waals surface area contributed by atoms with E-state index in [1.165, 1.54) is 28.0 Å². The van der Waals surface area contributed by atoms with Gasteiger partial charge >= 0.3 is 0 Å². The van der Waals surface area contributed by atoms with E-state index in [1.807, 2.05) is 0 Å². The lowest BCUT2D eigenvalue weighted by molar-refractivity contribution is -0.255. The van der Waals surface area contributed by atoms with Crippen LogP contribution in [0.3, 0.4) is 0 Å². The van der Waals surface area contributed by atoms with Crippen LogP contribution in [0.15, 0.2) is 48.2 Å². The largest absolute Gasteiger partial charge is 0.545 e. The van der Waals surface area contributed by atoms with Crippen molar-refractivity contribution in [2.75, 3.05) is 13.1 Å². The Labute approximate surface area is 167 Å². The molecule has 1 saturated heterocycles. The van der Waals surface area contributed by atoms with Gasteiger partial charge in [0.1, 0.15) is 5.57 Å². The van der Waals surface area contributed by atoms with E-state index in [4.69, 9.17) is 12.2 Å². The molecule has 7 nitrogen and oxygen atoms in total. The number of carbonyl (C=O) groups excluding carboxylic acids is 3. The van der Waals surface area contributed by atoms with Crippen molar-refractivity contribution in [2.45, 2.75) is 13.8 Å². The van der Waals surface area contributed by atoms with Crippen LogP contribution in [0.1, 0.15) is 29.9 Å². The number of benzene rings is 1. The Morgan fingerprint density at radius 2 is 1.61 bits per heavy atom. The van der Waals surface area contributed by atoms with Crippen molar-refractivity contribution in [3.63, 3.8) is 0 Å². The van der Waals surface area contributed by atoms with E-state index in [2.05, 4.69) is 0 Å². The Morgan fingerprint density at radius 3 is 2.11 bits per heavy atom. The van der Waals surface area contributed by atoms with E-state index in [-0.39, 0.29) is 16.2 Å². The van der Waals surface area contributed by atoms with Crippen molar-refractivity contribution in [1.29, 1.82) is 0 Å². The molecule has 0 unspecified atom stereocenters. The first kappa shape index (κ1) is 19.5. The van der Waals surface area contributed by atoms with Crippen LogP contribution in [0.25, 0.3) is 11.8 Å². The minimum atomic E-state index is -1.25.